The first-order valence-corrected chi connectivity index (χ1v) is 7.20. The number of benzene rings is 1. The Kier molecular flexibility index (Phi) is 5.56. The molecule has 0 saturated heterocycles. The fourth-order valence-corrected chi connectivity index (χ4v) is 2.25. The highest BCUT2D eigenvalue weighted by atomic mass is 15.1. The summed E-state index contributed by atoms with van der Waals surface area (Å²) in [6, 6.07) is 12.7. The largest absolute Gasteiger partial charge is 0.374 e. The quantitative estimate of drug-likeness (QED) is 0.837. The molecule has 0 amide bonds. The summed E-state index contributed by atoms with van der Waals surface area (Å²) in [7, 11) is 2.15. The summed E-state index contributed by atoms with van der Waals surface area (Å²) in [5.74, 6) is 0. The molecule has 0 aliphatic heterocycles. The summed E-state index contributed by atoms with van der Waals surface area (Å²) in [4.78, 5) is 6.54. The molecule has 2 rings (SSSR count). The van der Waals surface area contributed by atoms with Gasteiger partial charge in [0.05, 0.1) is 0 Å². The molecule has 0 aliphatic carbocycles. The Balaban J connectivity index is 1.99. The zero-order valence-electron chi connectivity index (χ0n) is 12.3. The molecule has 3 heteroatoms. The van der Waals surface area contributed by atoms with E-state index in [1.54, 1.807) is 0 Å². The van der Waals surface area contributed by atoms with Gasteiger partial charge in [0.15, 0.2) is 0 Å². The number of nitrogens with zero attached hydrogens (tertiary/aromatic N) is 2. The van der Waals surface area contributed by atoms with Crippen LogP contribution in [0, 0.1) is 0 Å². The molecule has 0 unspecified atom stereocenters. The average molecular weight is 269 g/mol. The van der Waals surface area contributed by atoms with Crippen LogP contribution in [0.5, 0.6) is 0 Å². The van der Waals surface area contributed by atoms with Gasteiger partial charge < -0.3 is 10.2 Å². The molecule has 1 aromatic heterocycles. The second kappa shape index (κ2) is 7.65. The molecule has 1 aromatic carbocycles. The van der Waals surface area contributed by atoms with Crippen LogP contribution >= 0.6 is 0 Å². The number of pyridine rings is 1. The van der Waals surface area contributed by atoms with Crippen molar-refractivity contribution in [1.82, 2.24) is 10.3 Å². The zero-order chi connectivity index (χ0) is 14.2. The van der Waals surface area contributed by atoms with Crippen molar-refractivity contribution in [1.29, 1.82) is 0 Å². The Morgan fingerprint density at radius 2 is 1.95 bits per heavy atom. The number of hydrogen-bond acceptors (Lipinski definition) is 3. The Morgan fingerprint density at radius 1 is 1.15 bits per heavy atom. The van der Waals surface area contributed by atoms with Gasteiger partial charge in [-0.1, -0.05) is 37.3 Å². The van der Waals surface area contributed by atoms with Crippen LogP contribution in [0.25, 0.3) is 0 Å². The van der Waals surface area contributed by atoms with Crippen molar-refractivity contribution >= 4 is 5.69 Å². The summed E-state index contributed by atoms with van der Waals surface area (Å²) in [5.41, 5.74) is 3.89. The highest BCUT2D eigenvalue weighted by Crippen LogP contribution is 2.18. The predicted octanol–water partition coefficient (Wildman–Crippen LogP) is 2.87. The normalized spacial score (nSPS) is 10.5. The van der Waals surface area contributed by atoms with Crippen LogP contribution in [0.15, 0.2) is 48.8 Å². The average Bonchev–Trinajstić information content (AvgIpc) is 2.52. The standard InChI is InChI=1S/C17H23N3/c1-3-18-13-16-14-19-11-9-17(16)20(2)12-10-15-7-5-4-6-8-15/h4-9,11,14,18H,3,10,12-13H2,1-2H3. The molecular formula is C17H23N3. The number of likely N-dealkylation sites (N-methyl/N-ethyl adjacent to an activating group) is 1. The maximum absolute atomic E-state index is 4.23. The Hall–Kier alpha value is -1.87. The van der Waals surface area contributed by atoms with Gasteiger partial charge in [-0.05, 0) is 24.6 Å². The van der Waals surface area contributed by atoms with E-state index in [1.165, 1.54) is 16.8 Å². The molecule has 0 spiro atoms. The third-order valence-electron chi connectivity index (χ3n) is 3.43. The lowest BCUT2D eigenvalue weighted by Gasteiger charge is -2.22. The molecule has 0 radical (unpaired) electrons. The van der Waals surface area contributed by atoms with Crippen LogP contribution in [-0.2, 0) is 13.0 Å². The lowest BCUT2D eigenvalue weighted by atomic mass is 10.1. The van der Waals surface area contributed by atoms with Gasteiger partial charge in [0.2, 0.25) is 0 Å². The molecule has 0 aliphatic rings. The van der Waals surface area contributed by atoms with Gasteiger partial charge in [-0.25, -0.2) is 0 Å². The molecule has 1 N–H and O–H groups in total. The monoisotopic (exact) mass is 269 g/mol. The first-order chi connectivity index (χ1) is 9.81. The minimum absolute atomic E-state index is 0.870. The van der Waals surface area contributed by atoms with Crippen LogP contribution in [0.4, 0.5) is 5.69 Å². The maximum atomic E-state index is 4.23. The van der Waals surface area contributed by atoms with E-state index in [9.17, 15) is 0 Å². The van der Waals surface area contributed by atoms with Crippen LogP contribution in [0.3, 0.4) is 0 Å². The Bertz CT molecular complexity index is 511. The van der Waals surface area contributed by atoms with Gasteiger partial charge in [-0.15, -0.1) is 0 Å². The van der Waals surface area contributed by atoms with Crippen LogP contribution < -0.4 is 10.2 Å². The Labute approximate surface area is 121 Å². The van der Waals surface area contributed by atoms with Crippen LogP contribution in [0.2, 0.25) is 0 Å². The number of hydrogen-bond donors (Lipinski definition) is 1. The summed E-state index contributed by atoms with van der Waals surface area (Å²) in [6.07, 6.45) is 4.88. The van der Waals surface area contributed by atoms with E-state index < -0.39 is 0 Å². The third kappa shape index (κ3) is 4.07. The molecule has 2 aromatic rings. The van der Waals surface area contributed by atoms with Gasteiger partial charge in [0.1, 0.15) is 0 Å². The van der Waals surface area contributed by atoms with Gasteiger partial charge >= 0.3 is 0 Å². The summed E-state index contributed by atoms with van der Waals surface area (Å²) >= 11 is 0. The van der Waals surface area contributed by atoms with Crippen LogP contribution in [0.1, 0.15) is 18.1 Å². The van der Waals surface area contributed by atoms with Gasteiger partial charge in [-0.2, -0.15) is 0 Å². The third-order valence-corrected chi connectivity index (χ3v) is 3.43. The van der Waals surface area contributed by atoms with E-state index in [-0.39, 0.29) is 0 Å². The van der Waals surface area contributed by atoms with Crippen molar-refractivity contribution < 1.29 is 0 Å². The van der Waals surface area contributed by atoms with E-state index >= 15 is 0 Å². The highest BCUT2D eigenvalue weighted by Gasteiger charge is 2.07. The molecule has 0 atom stereocenters. The van der Waals surface area contributed by atoms with Crippen molar-refractivity contribution in [2.45, 2.75) is 19.9 Å². The number of rotatable bonds is 7. The van der Waals surface area contributed by atoms with E-state index in [0.717, 1.165) is 26.1 Å². The molecule has 1 heterocycles. The molecule has 0 saturated carbocycles. The predicted molar refractivity (Wildman–Crippen MR) is 85.0 cm³/mol. The first-order valence-electron chi connectivity index (χ1n) is 7.20. The SMILES string of the molecule is CCNCc1cnccc1N(C)CCc1ccccc1. The van der Waals surface area contributed by atoms with E-state index in [0.29, 0.717) is 0 Å². The lowest BCUT2D eigenvalue weighted by Crippen LogP contribution is -2.23. The van der Waals surface area contributed by atoms with Crippen molar-refractivity contribution in [3.05, 3.63) is 59.9 Å². The molecule has 0 bridgehead atoms. The van der Waals surface area contributed by atoms with E-state index in [4.69, 9.17) is 0 Å². The van der Waals surface area contributed by atoms with Gasteiger partial charge in [-0.3, -0.25) is 4.98 Å². The van der Waals surface area contributed by atoms with Gasteiger partial charge in [0, 0.05) is 43.8 Å². The number of nitrogens with one attached hydrogen (secondary N) is 1. The lowest BCUT2D eigenvalue weighted by molar-refractivity contribution is 0.720. The Morgan fingerprint density at radius 3 is 2.70 bits per heavy atom. The number of anilines is 1. The zero-order valence-corrected chi connectivity index (χ0v) is 12.3. The van der Waals surface area contributed by atoms with E-state index in [2.05, 4.69) is 65.6 Å². The molecule has 3 nitrogen and oxygen atoms in total. The fourth-order valence-electron chi connectivity index (χ4n) is 2.25. The summed E-state index contributed by atoms with van der Waals surface area (Å²) in [6.45, 7) is 4.97. The topological polar surface area (TPSA) is 28.2 Å². The smallest absolute Gasteiger partial charge is 0.0440 e. The van der Waals surface area contributed by atoms with Crippen molar-refractivity contribution in [3.63, 3.8) is 0 Å². The fraction of sp³-hybridized carbons (Fsp3) is 0.353. The van der Waals surface area contributed by atoms with Gasteiger partial charge in [0.25, 0.3) is 0 Å². The highest BCUT2D eigenvalue weighted by molar-refractivity contribution is 5.51. The molecule has 0 fully saturated rings. The minimum Gasteiger partial charge on any atom is -0.374 e. The first kappa shape index (κ1) is 14.5. The molecular weight excluding hydrogens is 246 g/mol. The van der Waals surface area contributed by atoms with Crippen LogP contribution in [-0.4, -0.2) is 25.1 Å². The maximum Gasteiger partial charge on any atom is 0.0440 e. The second-order valence-corrected chi connectivity index (χ2v) is 4.94. The summed E-state index contributed by atoms with van der Waals surface area (Å²) < 4.78 is 0. The molecule has 20 heavy (non-hydrogen) atoms. The van der Waals surface area contributed by atoms with E-state index in [1.807, 2.05) is 12.4 Å². The number of aromatic nitrogens is 1. The second-order valence-electron chi connectivity index (χ2n) is 4.94. The van der Waals surface area contributed by atoms with Crippen molar-refractivity contribution in [2.75, 3.05) is 25.0 Å². The summed E-state index contributed by atoms with van der Waals surface area (Å²) in [5, 5.41) is 3.37. The van der Waals surface area contributed by atoms with Crippen molar-refractivity contribution in [2.24, 2.45) is 0 Å². The minimum atomic E-state index is 0.870. The molecule has 106 valence electrons. The van der Waals surface area contributed by atoms with Crippen molar-refractivity contribution in [3.8, 4) is 0 Å².